The predicted molar refractivity (Wildman–Crippen MR) is 176 cm³/mol. The lowest BCUT2D eigenvalue weighted by Crippen LogP contribution is -2.54. The summed E-state index contributed by atoms with van der Waals surface area (Å²) in [6.45, 7) is 4.95. The molecule has 0 spiro atoms. The van der Waals surface area contributed by atoms with Crippen LogP contribution in [0, 0.1) is 23.7 Å². The number of allylic oxidation sites excluding steroid dienone is 3. The molecule has 1 unspecified atom stereocenters. The van der Waals surface area contributed by atoms with Gasteiger partial charge in [-0.15, -0.1) is 0 Å². The van der Waals surface area contributed by atoms with Crippen LogP contribution in [0.5, 0.6) is 0 Å². The van der Waals surface area contributed by atoms with E-state index in [1.807, 2.05) is 0 Å². The number of aliphatic hydroxyl groups is 1. The van der Waals surface area contributed by atoms with Gasteiger partial charge in [-0.25, -0.2) is 4.79 Å². The summed E-state index contributed by atoms with van der Waals surface area (Å²) in [6.07, 6.45) is 7.94. The summed E-state index contributed by atoms with van der Waals surface area (Å²) in [5, 5.41) is 18.3. The smallest absolute Gasteiger partial charge is 0.407 e. The first-order valence-corrected chi connectivity index (χ1v) is 17.3. The van der Waals surface area contributed by atoms with Crippen LogP contribution in [0.15, 0.2) is 42.0 Å². The van der Waals surface area contributed by atoms with Gasteiger partial charge in [-0.05, 0) is 67.6 Å². The number of amides is 5. The van der Waals surface area contributed by atoms with Crippen molar-refractivity contribution in [3.63, 3.8) is 0 Å². The second-order valence-electron chi connectivity index (χ2n) is 13.9. The van der Waals surface area contributed by atoms with E-state index >= 15 is 0 Å². The first-order valence-electron chi connectivity index (χ1n) is 17.3. The highest BCUT2D eigenvalue weighted by atomic mass is 16.6. The number of esters is 1. The van der Waals surface area contributed by atoms with Gasteiger partial charge in [0.2, 0.25) is 11.8 Å². The molecule has 49 heavy (non-hydrogen) atoms. The van der Waals surface area contributed by atoms with E-state index in [-0.39, 0.29) is 72.2 Å². The number of nitrogens with one attached hydrogen (secondary N) is 3. The molecule has 3 aliphatic heterocycles. The van der Waals surface area contributed by atoms with Gasteiger partial charge >= 0.3 is 12.1 Å². The summed E-state index contributed by atoms with van der Waals surface area (Å²) in [5.74, 6) is -1.97. The van der Waals surface area contributed by atoms with E-state index in [1.54, 1.807) is 18.2 Å². The monoisotopic (exact) mass is 676 g/mol. The highest BCUT2D eigenvalue weighted by molar-refractivity contribution is 6.25. The van der Waals surface area contributed by atoms with E-state index in [1.165, 1.54) is 0 Å². The second-order valence-corrected chi connectivity index (χ2v) is 13.9. The Balaban J connectivity index is 1.01. The zero-order valence-electron chi connectivity index (χ0n) is 27.8. The topological polar surface area (TPSA) is 180 Å². The van der Waals surface area contributed by atoms with Crippen molar-refractivity contribution in [1.82, 2.24) is 15.5 Å². The van der Waals surface area contributed by atoms with E-state index in [0.717, 1.165) is 16.9 Å². The molecule has 0 aromatic heterocycles. The third kappa shape index (κ3) is 7.41. The Morgan fingerprint density at radius 2 is 1.90 bits per heavy atom. The number of fused-ring (bicyclic) bond motifs is 2. The molecule has 4 N–H and O–H groups in total. The maximum absolute atomic E-state index is 13.3. The van der Waals surface area contributed by atoms with Crippen molar-refractivity contribution in [3.05, 3.63) is 53.1 Å². The zero-order chi connectivity index (χ0) is 34.8. The average Bonchev–Trinajstić information content (AvgIpc) is 3.29. The first-order chi connectivity index (χ1) is 23.5. The maximum atomic E-state index is 13.3. The van der Waals surface area contributed by atoms with Crippen molar-refractivity contribution in [2.24, 2.45) is 23.7 Å². The molecule has 262 valence electrons. The number of nitrogens with zero attached hydrogens (tertiary/aromatic N) is 1. The number of hydrogen-bond donors (Lipinski definition) is 4. The highest BCUT2D eigenvalue weighted by Gasteiger charge is 2.46. The van der Waals surface area contributed by atoms with E-state index in [4.69, 9.17) is 9.47 Å². The first kappa shape index (κ1) is 34.3. The number of hydrogen-bond acceptors (Lipinski definition) is 10. The van der Waals surface area contributed by atoms with Crippen LogP contribution >= 0.6 is 0 Å². The van der Waals surface area contributed by atoms with E-state index < -0.39 is 41.9 Å². The lowest BCUT2D eigenvalue weighted by molar-refractivity contribution is -0.160. The molecule has 2 aliphatic carbocycles. The number of piperidine rings is 1. The Labute approximate surface area is 284 Å². The molecule has 6 rings (SSSR count). The number of carbonyl (C=O) groups is 6. The quantitative estimate of drug-likeness (QED) is 0.163. The molecule has 8 atom stereocenters. The largest absolute Gasteiger partial charge is 0.462 e. The number of alkyl carbamates (subject to hydrolysis) is 1. The Hall–Kier alpha value is -4.52. The van der Waals surface area contributed by atoms with Crippen LogP contribution in [-0.2, 0) is 23.9 Å². The standard InChI is InChI=1S/C36H44N4O9/c1-19-15-21-8-7-20(2)24(10-9-23-17-22(41)18-30(43)48-23)31(21)28(16-19)49-36(47)38-14-4-13-37-26-6-3-5-25-32(26)35(46)40(34(25)45)27-11-12-29(42)39-33(27)44/h3,5-8,15,19-20,22-24,27-28,31,37,41H,4,9-14,16-18H2,1-2H3,(H,38,47)(H,39,42,44)/t19-,20-,22+,23+,24-,27?,28-,31-/m0/s1. The Bertz CT molecular complexity index is 1590. The lowest BCUT2D eigenvalue weighted by Gasteiger charge is -2.43. The maximum Gasteiger partial charge on any atom is 0.407 e. The van der Waals surface area contributed by atoms with Crippen molar-refractivity contribution in [2.45, 2.75) is 89.6 Å². The van der Waals surface area contributed by atoms with Gasteiger partial charge in [0, 0.05) is 37.5 Å². The number of cyclic esters (lactones) is 1. The van der Waals surface area contributed by atoms with Crippen molar-refractivity contribution in [3.8, 4) is 0 Å². The molecule has 0 radical (unpaired) electrons. The molecular weight excluding hydrogens is 632 g/mol. The number of carbonyl (C=O) groups excluding carboxylic acids is 6. The molecule has 0 bridgehead atoms. The lowest BCUT2D eigenvalue weighted by atomic mass is 9.65. The van der Waals surface area contributed by atoms with Gasteiger partial charge in [-0.3, -0.25) is 34.2 Å². The highest BCUT2D eigenvalue weighted by Crippen LogP contribution is 2.45. The fourth-order valence-electron chi connectivity index (χ4n) is 7.98. The minimum Gasteiger partial charge on any atom is -0.462 e. The molecule has 5 aliphatic rings. The van der Waals surface area contributed by atoms with E-state index in [0.29, 0.717) is 44.5 Å². The number of ether oxygens (including phenoxy) is 2. The molecule has 1 aromatic rings. The van der Waals surface area contributed by atoms with Crippen LogP contribution in [-0.4, -0.2) is 83.1 Å². The summed E-state index contributed by atoms with van der Waals surface area (Å²) in [6, 6.07) is 3.84. The molecule has 2 fully saturated rings. The van der Waals surface area contributed by atoms with E-state index in [2.05, 4.69) is 48.0 Å². The Morgan fingerprint density at radius 1 is 1.08 bits per heavy atom. The van der Waals surface area contributed by atoms with E-state index in [9.17, 15) is 33.9 Å². The molecule has 0 saturated carbocycles. The number of aliphatic hydroxyl groups excluding tert-OH is 1. The molecule has 13 heteroatoms. The third-order valence-electron chi connectivity index (χ3n) is 10.3. The summed E-state index contributed by atoms with van der Waals surface area (Å²) >= 11 is 0. The van der Waals surface area contributed by atoms with Gasteiger partial charge in [0.25, 0.3) is 11.8 Å². The van der Waals surface area contributed by atoms with Gasteiger partial charge in [0.1, 0.15) is 18.2 Å². The van der Waals surface area contributed by atoms with Crippen molar-refractivity contribution in [2.75, 3.05) is 18.4 Å². The summed E-state index contributed by atoms with van der Waals surface area (Å²) in [4.78, 5) is 76.2. The molecule has 1 aromatic carbocycles. The van der Waals surface area contributed by atoms with Gasteiger partial charge in [-0.1, -0.05) is 38.1 Å². The Kier molecular flexibility index (Phi) is 10.2. The van der Waals surface area contributed by atoms with Crippen molar-refractivity contribution < 1.29 is 43.3 Å². The third-order valence-corrected chi connectivity index (χ3v) is 10.3. The SMILES string of the molecule is C[C@H]1C=C2C=C[C@H](C)[C@H](CC[C@@H]3C[C@@H](O)CC(=O)O3)[C@H]2[C@@H](OC(=O)NCCCNc2cccc3c2C(=O)N(C2CCC(=O)NC2=O)C3=O)C1. The molecule has 3 heterocycles. The molecule has 13 nitrogen and oxygen atoms in total. The summed E-state index contributed by atoms with van der Waals surface area (Å²) < 4.78 is 11.6. The minimum absolute atomic E-state index is 0.00740. The van der Waals surface area contributed by atoms with Crippen LogP contribution in [0.25, 0.3) is 0 Å². The number of rotatable bonds is 10. The van der Waals surface area contributed by atoms with Gasteiger partial charge in [0.15, 0.2) is 0 Å². The zero-order valence-corrected chi connectivity index (χ0v) is 27.8. The number of anilines is 1. The van der Waals surface area contributed by atoms with Crippen LogP contribution < -0.4 is 16.0 Å². The fourth-order valence-corrected chi connectivity index (χ4v) is 7.98. The number of benzene rings is 1. The summed E-state index contributed by atoms with van der Waals surface area (Å²) in [5.41, 5.74) is 1.98. The van der Waals surface area contributed by atoms with Crippen molar-refractivity contribution in [1.29, 1.82) is 0 Å². The summed E-state index contributed by atoms with van der Waals surface area (Å²) in [7, 11) is 0. The average molecular weight is 677 g/mol. The fraction of sp³-hybridized carbons (Fsp3) is 0.556. The predicted octanol–water partition coefficient (Wildman–Crippen LogP) is 3.24. The van der Waals surface area contributed by atoms with Crippen LogP contribution in [0.1, 0.15) is 85.9 Å². The van der Waals surface area contributed by atoms with Gasteiger partial charge in [0.05, 0.1) is 23.7 Å². The second kappa shape index (κ2) is 14.5. The molecule has 5 amide bonds. The normalized spacial score (nSPS) is 31.0. The van der Waals surface area contributed by atoms with Gasteiger partial charge < -0.3 is 25.2 Å². The molecular formula is C36H44N4O9. The van der Waals surface area contributed by atoms with Crippen LogP contribution in [0.3, 0.4) is 0 Å². The Morgan fingerprint density at radius 3 is 2.67 bits per heavy atom. The van der Waals surface area contributed by atoms with Crippen LogP contribution in [0.4, 0.5) is 10.5 Å². The minimum atomic E-state index is -1.04. The number of imide groups is 2. The van der Waals surface area contributed by atoms with Crippen LogP contribution in [0.2, 0.25) is 0 Å². The van der Waals surface area contributed by atoms with Crippen molar-refractivity contribution >= 4 is 41.4 Å². The van der Waals surface area contributed by atoms with Gasteiger partial charge in [-0.2, -0.15) is 0 Å². The molecule has 2 saturated heterocycles.